The SMILES string of the molecule is CCS(=O)(=O)c1c(-c2cn3cc(C(F)(F)F)ncc3n2)nc2ccc(C(F)(F)F)cn12. The van der Waals surface area contributed by atoms with Gasteiger partial charge in [0.2, 0.25) is 0 Å². The van der Waals surface area contributed by atoms with Gasteiger partial charge in [-0.25, -0.2) is 23.4 Å². The summed E-state index contributed by atoms with van der Waals surface area (Å²) in [6, 6.07) is 1.75. The molecular formula is C17H11F6N5O2S. The lowest BCUT2D eigenvalue weighted by Gasteiger charge is -2.08. The fourth-order valence-electron chi connectivity index (χ4n) is 2.95. The molecule has 164 valence electrons. The van der Waals surface area contributed by atoms with Crippen LogP contribution in [0.1, 0.15) is 18.2 Å². The number of halogens is 6. The number of nitrogens with zero attached hydrogens (tertiary/aromatic N) is 5. The smallest absolute Gasteiger partial charge is 0.303 e. The summed E-state index contributed by atoms with van der Waals surface area (Å²) in [5.41, 5.74) is -2.83. The number of rotatable bonds is 3. The minimum absolute atomic E-state index is 0.0316. The van der Waals surface area contributed by atoms with Crippen molar-refractivity contribution in [2.45, 2.75) is 24.3 Å². The Morgan fingerprint density at radius 2 is 1.65 bits per heavy atom. The summed E-state index contributed by atoms with van der Waals surface area (Å²) in [6.45, 7) is 1.30. The number of hydrogen-bond donors (Lipinski definition) is 0. The molecule has 0 fully saturated rings. The molecule has 4 aromatic heterocycles. The highest BCUT2D eigenvalue weighted by Crippen LogP contribution is 2.34. The number of sulfone groups is 1. The first-order chi connectivity index (χ1) is 14.3. The van der Waals surface area contributed by atoms with Gasteiger partial charge in [-0.05, 0) is 12.1 Å². The molecule has 0 unspecified atom stereocenters. The summed E-state index contributed by atoms with van der Waals surface area (Å²) in [7, 11) is -4.10. The average Bonchev–Trinajstić information content (AvgIpc) is 3.26. The van der Waals surface area contributed by atoms with Gasteiger partial charge in [0.25, 0.3) is 0 Å². The zero-order valence-corrected chi connectivity index (χ0v) is 16.2. The number of fused-ring (bicyclic) bond motifs is 2. The van der Waals surface area contributed by atoms with E-state index >= 15 is 0 Å². The molecule has 0 saturated heterocycles. The Morgan fingerprint density at radius 3 is 2.26 bits per heavy atom. The Bertz CT molecular complexity index is 1420. The van der Waals surface area contributed by atoms with Crippen molar-refractivity contribution < 1.29 is 34.8 Å². The third-order valence-corrected chi connectivity index (χ3v) is 6.19. The van der Waals surface area contributed by atoms with E-state index in [4.69, 9.17) is 0 Å². The molecule has 0 aliphatic rings. The molecule has 0 saturated carbocycles. The Morgan fingerprint density at radius 1 is 0.935 bits per heavy atom. The molecule has 0 N–H and O–H groups in total. The number of imidazole rings is 2. The van der Waals surface area contributed by atoms with Crippen LogP contribution in [0.5, 0.6) is 0 Å². The minimum atomic E-state index is -4.73. The maximum absolute atomic E-state index is 13.1. The van der Waals surface area contributed by atoms with Gasteiger partial charge in [-0.15, -0.1) is 0 Å². The minimum Gasteiger partial charge on any atom is -0.303 e. The summed E-state index contributed by atoms with van der Waals surface area (Å²) >= 11 is 0. The highest BCUT2D eigenvalue weighted by Gasteiger charge is 2.34. The second-order valence-electron chi connectivity index (χ2n) is 6.47. The molecule has 0 aliphatic carbocycles. The van der Waals surface area contributed by atoms with Crippen molar-refractivity contribution in [1.29, 1.82) is 0 Å². The van der Waals surface area contributed by atoms with Crippen LogP contribution < -0.4 is 0 Å². The molecule has 7 nitrogen and oxygen atoms in total. The number of hydrogen-bond acceptors (Lipinski definition) is 5. The average molecular weight is 463 g/mol. The van der Waals surface area contributed by atoms with E-state index in [1.807, 2.05) is 0 Å². The van der Waals surface area contributed by atoms with E-state index in [9.17, 15) is 34.8 Å². The summed E-state index contributed by atoms with van der Waals surface area (Å²) in [5, 5.41) is -0.538. The van der Waals surface area contributed by atoms with Crippen LogP contribution in [-0.4, -0.2) is 37.9 Å². The molecule has 4 rings (SSSR count). The van der Waals surface area contributed by atoms with E-state index in [1.54, 1.807) is 0 Å². The van der Waals surface area contributed by atoms with Crippen LogP contribution in [0.4, 0.5) is 26.3 Å². The van der Waals surface area contributed by atoms with Gasteiger partial charge >= 0.3 is 12.4 Å². The van der Waals surface area contributed by atoms with E-state index < -0.39 is 44.2 Å². The first-order valence-electron chi connectivity index (χ1n) is 8.55. The lowest BCUT2D eigenvalue weighted by Crippen LogP contribution is -2.11. The van der Waals surface area contributed by atoms with Gasteiger partial charge in [0.15, 0.2) is 26.2 Å². The highest BCUT2D eigenvalue weighted by molar-refractivity contribution is 7.91. The largest absolute Gasteiger partial charge is 0.434 e. The molecule has 0 aromatic carbocycles. The topological polar surface area (TPSA) is 81.6 Å². The third-order valence-electron chi connectivity index (χ3n) is 4.45. The lowest BCUT2D eigenvalue weighted by molar-refractivity contribution is -0.141. The molecule has 0 bridgehead atoms. The molecule has 0 radical (unpaired) electrons. The third kappa shape index (κ3) is 3.60. The predicted molar refractivity (Wildman–Crippen MR) is 94.9 cm³/mol. The number of alkyl halides is 6. The Kier molecular flexibility index (Phi) is 4.54. The van der Waals surface area contributed by atoms with Crippen molar-refractivity contribution in [3.8, 4) is 11.4 Å². The van der Waals surface area contributed by atoms with E-state index in [2.05, 4.69) is 15.0 Å². The van der Waals surface area contributed by atoms with Gasteiger partial charge in [-0.1, -0.05) is 6.92 Å². The zero-order valence-electron chi connectivity index (χ0n) is 15.4. The van der Waals surface area contributed by atoms with Crippen LogP contribution in [0.15, 0.2) is 41.9 Å². The Hall–Kier alpha value is -3.16. The van der Waals surface area contributed by atoms with E-state index in [0.717, 1.165) is 33.3 Å². The van der Waals surface area contributed by atoms with Gasteiger partial charge < -0.3 is 4.40 Å². The summed E-state index contributed by atoms with van der Waals surface area (Å²) in [5.74, 6) is -0.447. The Labute approximate surface area is 169 Å². The van der Waals surface area contributed by atoms with Crippen molar-refractivity contribution in [3.63, 3.8) is 0 Å². The van der Waals surface area contributed by atoms with Crippen LogP contribution in [0.2, 0.25) is 0 Å². The zero-order chi connectivity index (χ0) is 22.8. The van der Waals surface area contributed by atoms with Gasteiger partial charge in [0.05, 0.1) is 17.5 Å². The van der Waals surface area contributed by atoms with E-state index in [-0.39, 0.29) is 22.7 Å². The fourth-order valence-corrected chi connectivity index (χ4v) is 4.12. The number of pyridine rings is 1. The van der Waals surface area contributed by atoms with Crippen molar-refractivity contribution in [1.82, 2.24) is 23.8 Å². The van der Waals surface area contributed by atoms with Gasteiger partial charge in [-0.3, -0.25) is 4.40 Å². The monoisotopic (exact) mass is 463 g/mol. The van der Waals surface area contributed by atoms with Crippen LogP contribution in [-0.2, 0) is 22.2 Å². The first kappa shape index (κ1) is 21.1. The Balaban J connectivity index is 2.00. The standard InChI is InChI=1S/C17H11F6N5O2S/c1-2-31(29,30)15-14(26-12-4-3-9(6-28(12)15)16(18,19)20)10-7-27-8-11(17(21,22)23)24-5-13(27)25-10/h3-8H,2H2,1H3. The lowest BCUT2D eigenvalue weighted by atomic mass is 10.3. The molecular weight excluding hydrogens is 452 g/mol. The van der Waals surface area contributed by atoms with Gasteiger partial charge in [0, 0.05) is 18.6 Å². The number of aromatic nitrogens is 5. The normalized spacial score (nSPS) is 13.4. The summed E-state index contributed by atoms with van der Waals surface area (Å²) < 4.78 is 105. The van der Waals surface area contributed by atoms with Crippen molar-refractivity contribution in [3.05, 3.63) is 48.2 Å². The molecule has 0 atom stereocenters. The molecule has 31 heavy (non-hydrogen) atoms. The van der Waals surface area contributed by atoms with Crippen LogP contribution in [0.25, 0.3) is 22.7 Å². The van der Waals surface area contributed by atoms with Crippen LogP contribution in [0, 0.1) is 0 Å². The predicted octanol–water partition coefficient (Wildman–Crippen LogP) is 3.88. The maximum atomic E-state index is 13.1. The molecule has 4 heterocycles. The molecule has 4 aromatic rings. The van der Waals surface area contributed by atoms with Crippen molar-refractivity contribution in [2.75, 3.05) is 5.75 Å². The molecule has 0 aliphatic heterocycles. The first-order valence-corrected chi connectivity index (χ1v) is 10.2. The van der Waals surface area contributed by atoms with E-state index in [0.29, 0.717) is 12.4 Å². The van der Waals surface area contributed by atoms with Crippen molar-refractivity contribution in [2.24, 2.45) is 0 Å². The van der Waals surface area contributed by atoms with Crippen molar-refractivity contribution >= 4 is 21.1 Å². The second-order valence-corrected chi connectivity index (χ2v) is 8.67. The van der Waals surface area contributed by atoms with Gasteiger partial charge in [0.1, 0.15) is 17.0 Å². The highest BCUT2D eigenvalue weighted by atomic mass is 32.2. The van der Waals surface area contributed by atoms with Gasteiger partial charge in [-0.2, -0.15) is 26.3 Å². The van der Waals surface area contributed by atoms with Crippen LogP contribution >= 0.6 is 0 Å². The molecule has 0 amide bonds. The quantitative estimate of drug-likeness (QED) is 0.431. The van der Waals surface area contributed by atoms with Crippen LogP contribution in [0.3, 0.4) is 0 Å². The summed E-state index contributed by atoms with van der Waals surface area (Å²) in [4.78, 5) is 11.4. The molecule has 0 spiro atoms. The fraction of sp³-hybridized carbons (Fsp3) is 0.235. The maximum Gasteiger partial charge on any atom is 0.434 e. The van der Waals surface area contributed by atoms with E-state index in [1.165, 1.54) is 6.92 Å². The molecule has 14 heteroatoms. The summed E-state index contributed by atoms with van der Waals surface area (Å²) in [6.07, 6.45) is -6.23. The second kappa shape index (κ2) is 6.67.